The number of carbonyl (C=O) groups is 1. The molecule has 2 aromatic carbocycles. The number of rotatable bonds is 10. The highest BCUT2D eigenvalue weighted by atomic mass is 32.2. The average molecular weight is 456 g/mol. The number of hydrazone groups is 1. The number of ether oxygens (including phenoxy) is 2. The molecule has 0 aliphatic rings. The minimum atomic E-state index is -0.302. The first kappa shape index (κ1) is 23.1. The number of nitrogens with one attached hydrogen (secondary N) is 1. The van der Waals surface area contributed by atoms with Crippen LogP contribution in [-0.2, 0) is 11.3 Å². The van der Waals surface area contributed by atoms with Gasteiger partial charge >= 0.3 is 0 Å². The summed E-state index contributed by atoms with van der Waals surface area (Å²) in [5.74, 6) is 1.64. The van der Waals surface area contributed by atoms with E-state index in [-0.39, 0.29) is 17.4 Å². The Kier molecular flexibility index (Phi) is 8.09. The zero-order valence-corrected chi connectivity index (χ0v) is 18.9. The minimum Gasteiger partial charge on any atom is -0.504 e. The molecule has 1 amide bonds. The van der Waals surface area contributed by atoms with Crippen LogP contribution in [0.1, 0.15) is 19.4 Å². The number of hydrogen-bond donors (Lipinski definition) is 2. The predicted octanol–water partition coefficient (Wildman–Crippen LogP) is 3.32. The van der Waals surface area contributed by atoms with Gasteiger partial charge in [0.05, 0.1) is 25.7 Å². The van der Waals surface area contributed by atoms with Crippen molar-refractivity contribution in [2.24, 2.45) is 5.10 Å². The maximum absolute atomic E-state index is 12.2. The van der Waals surface area contributed by atoms with Crippen molar-refractivity contribution in [3.05, 3.63) is 48.0 Å². The molecule has 0 saturated heterocycles. The van der Waals surface area contributed by atoms with Crippen molar-refractivity contribution in [1.29, 1.82) is 0 Å². The van der Waals surface area contributed by atoms with Crippen LogP contribution in [0.15, 0.2) is 52.7 Å². The van der Waals surface area contributed by atoms with E-state index < -0.39 is 0 Å². The summed E-state index contributed by atoms with van der Waals surface area (Å²) in [4.78, 5) is 12.2. The molecular formula is C22H25N5O4S. The third-order valence-corrected chi connectivity index (χ3v) is 5.40. The van der Waals surface area contributed by atoms with Gasteiger partial charge in [0.2, 0.25) is 0 Å². The number of carbonyl (C=O) groups excluding carboxylic acids is 1. The van der Waals surface area contributed by atoms with Gasteiger partial charge in [-0.3, -0.25) is 4.79 Å². The second kappa shape index (κ2) is 11.2. The van der Waals surface area contributed by atoms with Gasteiger partial charge < -0.3 is 19.1 Å². The molecule has 0 radical (unpaired) electrons. The SMILES string of the molecule is CCOc1cccc(C=NNC(=O)CSc2nnc(-c3ccc(OC)cc3)n2CC)c1O. The number of thioether (sulfide) groups is 1. The zero-order chi connectivity index (χ0) is 22.9. The average Bonchev–Trinajstić information content (AvgIpc) is 3.23. The number of methoxy groups -OCH3 is 1. The van der Waals surface area contributed by atoms with Crippen LogP contribution in [0.5, 0.6) is 17.2 Å². The molecule has 0 aliphatic heterocycles. The van der Waals surface area contributed by atoms with Gasteiger partial charge in [-0.2, -0.15) is 5.10 Å². The van der Waals surface area contributed by atoms with Crippen LogP contribution in [-0.4, -0.2) is 51.5 Å². The number of phenols is 1. The van der Waals surface area contributed by atoms with Crippen LogP contribution in [0.25, 0.3) is 11.4 Å². The van der Waals surface area contributed by atoms with Crippen LogP contribution in [0.3, 0.4) is 0 Å². The Balaban J connectivity index is 1.60. The first-order valence-electron chi connectivity index (χ1n) is 10.0. The molecule has 0 aliphatic carbocycles. The normalized spacial score (nSPS) is 11.0. The molecule has 0 saturated carbocycles. The number of hydrogen-bond acceptors (Lipinski definition) is 8. The fraction of sp³-hybridized carbons (Fsp3) is 0.273. The highest BCUT2D eigenvalue weighted by molar-refractivity contribution is 7.99. The minimum absolute atomic E-state index is 0.0242. The fourth-order valence-corrected chi connectivity index (χ4v) is 3.68. The zero-order valence-electron chi connectivity index (χ0n) is 18.1. The molecule has 2 N–H and O–H groups in total. The molecule has 0 bridgehead atoms. The van der Waals surface area contributed by atoms with E-state index >= 15 is 0 Å². The summed E-state index contributed by atoms with van der Waals surface area (Å²) in [7, 11) is 1.62. The van der Waals surface area contributed by atoms with E-state index in [1.54, 1.807) is 25.3 Å². The molecule has 32 heavy (non-hydrogen) atoms. The van der Waals surface area contributed by atoms with E-state index in [1.807, 2.05) is 42.7 Å². The largest absolute Gasteiger partial charge is 0.504 e. The predicted molar refractivity (Wildman–Crippen MR) is 123 cm³/mol. The van der Waals surface area contributed by atoms with Crippen LogP contribution in [0.4, 0.5) is 0 Å². The number of aromatic hydroxyl groups is 1. The molecule has 168 valence electrons. The Bertz CT molecular complexity index is 1080. The standard InChI is InChI=1S/C22H25N5O4S/c1-4-27-21(15-9-11-17(30-3)12-10-15)25-26-22(27)32-14-19(28)24-23-13-16-7-6-8-18(20(16)29)31-5-2/h6-13,29H,4-5,14H2,1-3H3,(H,24,28). The van der Waals surface area contributed by atoms with Gasteiger partial charge in [0.15, 0.2) is 22.5 Å². The number of aromatic nitrogens is 3. The molecule has 0 unspecified atom stereocenters. The first-order valence-corrected chi connectivity index (χ1v) is 11.0. The van der Waals surface area contributed by atoms with Crippen LogP contribution >= 0.6 is 11.8 Å². The second-order valence-electron chi connectivity index (χ2n) is 6.49. The van der Waals surface area contributed by atoms with Crippen molar-refractivity contribution in [2.75, 3.05) is 19.5 Å². The van der Waals surface area contributed by atoms with Crippen molar-refractivity contribution in [3.8, 4) is 28.6 Å². The molecular weight excluding hydrogens is 430 g/mol. The molecule has 0 fully saturated rings. The Morgan fingerprint density at radius 3 is 2.69 bits per heavy atom. The second-order valence-corrected chi connectivity index (χ2v) is 7.43. The summed E-state index contributed by atoms with van der Waals surface area (Å²) in [6.45, 7) is 4.92. The smallest absolute Gasteiger partial charge is 0.250 e. The number of amides is 1. The molecule has 10 heteroatoms. The molecule has 0 spiro atoms. The Labute approximate surface area is 190 Å². The summed E-state index contributed by atoms with van der Waals surface area (Å²) in [5, 5.41) is 23.2. The number of benzene rings is 2. The lowest BCUT2D eigenvalue weighted by atomic mass is 10.2. The summed E-state index contributed by atoms with van der Waals surface area (Å²) in [6, 6.07) is 12.6. The summed E-state index contributed by atoms with van der Waals surface area (Å²) in [6.07, 6.45) is 1.37. The number of nitrogens with zero attached hydrogens (tertiary/aromatic N) is 4. The van der Waals surface area contributed by atoms with Crippen molar-refractivity contribution < 1.29 is 19.4 Å². The van der Waals surface area contributed by atoms with Crippen molar-refractivity contribution >= 4 is 23.9 Å². The molecule has 1 heterocycles. The van der Waals surface area contributed by atoms with Crippen molar-refractivity contribution in [1.82, 2.24) is 20.2 Å². The Hall–Kier alpha value is -3.53. The lowest BCUT2D eigenvalue weighted by Gasteiger charge is -2.08. The van der Waals surface area contributed by atoms with Crippen molar-refractivity contribution in [3.63, 3.8) is 0 Å². The van der Waals surface area contributed by atoms with Crippen LogP contribution in [0.2, 0.25) is 0 Å². The van der Waals surface area contributed by atoms with Crippen LogP contribution < -0.4 is 14.9 Å². The molecule has 9 nitrogen and oxygen atoms in total. The molecule has 1 aromatic heterocycles. The molecule has 3 rings (SSSR count). The highest BCUT2D eigenvalue weighted by Crippen LogP contribution is 2.28. The quantitative estimate of drug-likeness (QED) is 0.274. The third kappa shape index (κ3) is 5.58. The van der Waals surface area contributed by atoms with Crippen LogP contribution in [0, 0.1) is 0 Å². The maximum Gasteiger partial charge on any atom is 0.250 e. The lowest BCUT2D eigenvalue weighted by molar-refractivity contribution is -0.118. The highest BCUT2D eigenvalue weighted by Gasteiger charge is 2.14. The monoisotopic (exact) mass is 455 g/mol. The first-order chi connectivity index (χ1) is 15.6. The maximum atomic E-state index is 12.2. The van der Waals surface area contributed by atoms with E-state index in [4.69, 9.17) is 9.47 Å². The molecule has 0 atom stereocenters. The Morgan fingerprint density at radius 2 is 2.00 bits per heavy atom. The summed E-state index contributed by atoms with van der Waals surface area (Å²) in [5.41, 5.74) is 3.81. The van der Waals surface area contributed by atoms with Gasteiger partial charge in [-0.05, 0) is 50.2 Å². The van der Waals surface area contributed by atoms with Gasteiger partial charge in [0.1, 0.15) is 5.75 Å². The van der Waals surface area contributed by atoms with E-state index in [0.29, 0.717) is 29.6 Å². The van der Waals surface area contributed by atoms with Gasteiger partial charge in [-0.1, -0.05) is 17.8 Å². The van der Waals surface area contributed by atoms with Gasteiger partial charge in [-0.25, -0.2) is 5.43 Å². The Morgan fingerprint density at radius 1 is 1.22 bits per heavy atom. The fourth-order valence-electron chi connectivity index (χ4n) is 2.89. The lowest BCUT2D eigenvalue weighted by Crippen LogP contribution is -2.20. The van der Waals surface area contributed by atoms with Gasteiger partial charge in [0, 0.05) is 17.7 Å². The number of para-hydroxylation sites is 1. The summed E-state index contributed by atoms with van der Waals surface area (Å²) < 4.78 is 12.5. The molecule has 3 aromatic rings. The topological polar surface area (TPSA) is 111 Å². The summed E-state index contributed by atoms with van der Waals surface area (Å²) >= 11 is 1.27. The van der Waals surface area contributed by atoms with E-state index in [1.165, 1.54) is 18.0 Å². The van der Waals surface area contributed by atoms with Crippen molar-refractivity contribution in [2.45, 2.75) is 25.5 Å². The van der Waals surface area contributed by atoms with Gasteiger partial charge in [0.25, 0.3) is 5.91 Å². The van der Waals surface area contributed by atoms with E-state index in [9.17, 15) is 9.90 Å². The van der Waals surface area contributed by atoms with E-state index in [2.05, 4.69) is 20.7 Å². The van der Waals surface area contributed by atoms with E-state index in [0.717, 1.165) is 17.1 Å². The number of phenolic OH excluding ortho intramolecular Hbond substituents is 1. The van der Waals surface area contributed by atoms with Gasteiger partial charge in [-0.15, -0.1) is 10.2 Å². The third-order valence-electron chi connectivity index (χ3n) is 4.44.